The van der Waals surface area contributed by atoms with Crippen LogP contribution in [-0.2, 0) is 23.8 Å². The van der Waals surface area contributed by atoms with Crippen LogP contribution >= 0.6 is 0 Å². The van der Waals surface area contributed by atoms with Crippen molar-refractivity contribution in [2.24, 2.45) is 0 Å². The minimum absolute atomic E-state index is 0.111. The fraction of sp³-hybridized carbons (Fsp3) is 0.333. The summed E-state index contributed by atoms with van der Waals surface area (Å²) in [5, 5.41) is 2.52. The van der Waals surface area contributed by atoms with E-state index >= 15 is 0 Å². The maximum Gasteiger partial charge on any atom is 0.338 e. The third-order valence-electron chi connectivity index (χ3n) is 6.58. The van der Waals surface area contributed by atoms with Crippen LogP contribution < -0.4 is 14.8 Å². The van der Waals surface area contributed by atoms with Gasteiger partial charge in [-0.3, -0.25) is 9.59 Å². The molecule has 1 N–H and O–H groups in total. The lowest BCUT2D eigenvalue weighted by Gasteiger charge is -2.27. The largest absolute Gasteiger partial charge is 0.493 e. The lowest BCUT2D eigenvalue weighted by Crippen LogP contribution is -2.41. The fourth-order valence-corrected chi connectivity index (χ4v) is 4.49. The first-order valence-electron chi connectivity index (χ1n) is 14.3. The molecule has 0 fully saturated rings. The molecule has 45 heavy (non-hydrogen) atoms. The molecule has 0 spiro atoms. The molecule has 1 aromatic heterocycles. The van der Waals surface area contributed by atoms with E-state index < -0.39 is 47.8 Å². The average molecular weight is 621 g/mol. The third kappa shape index (κ3) is 8.88. The Morgan fingerprint density at radius 3 is 1.76 bits per heavy atom. The minimum atomic E-state index is -1.13. The smallest absolute Gasteiger partial charge is 0.338 e. The summed E-state index contributed by atoms with van der Waals surface area (Å²) in [6, 6.07) is 13.7. The van der Waals surface area contributed by atoms with Crippen molar-refractivity contribution in [1.29, 1.82) is 0 Å². The van der Waals surface area contributed by atoms with Gasteiger partial charge in [0.2, 0.25) is 5.75 Å². The van der Waals surface area contributed by atoms with Gasteiger partial charge >= 0.3 is 23.9 Å². The molecule has 12 nitrogen and oxygen atoms in total. The van der Waals surface area contributed by atoms with E-state index in [2.05, 4.69) is 10.3 Å². The molecule has 0 aliphatic rings. The van der Waals surface area contributed by atoms with Gasteiger partial charge in [0, 0.05) is 25.1 Å². The Kier molecular flexibility index (Phi) is 12.2. The standard InChI is InChI=1S/C33H36N2O10/c1-7-42-32(39)24-13-9-22(10-14-24)27(23-11-15-25(16-12-23)33(40)43-8-2)20(4)44-31(38)19(3)35-30(37)28-29(45-21(5)36)26(41-6)17-18-34-28/h9-20,27H,7-8H2,1-6H3,(H,35,37)/t19-,20-/m0/s1. The van der Waals surface area contributed by atoms with Crippen molar-refractivity contribution in [1.82, 2.24) is 10.3 Å². The van der Waals surface area contributed by atoms with E-state index in [9.17, 15) is 24.0 Å². The van der Waals surface area contributed by atoms with E-state index in [1.54, 1.807) is 69.3 Å². The number of esters is 4. The van der Waals surface area contributed by atoms with Gasteiger partial charge in [0.1, 0.15) is 12.1 Å². The van der Waals surface area contributed by atoms with E-state index in [-0.39, 0.29) is 30.4 Å². The first kappa shape index (κ1) is 34.2. The number of rotatable bonds is 13. The Bertz CT molecular complexity index is 1460. The summed E-state index contributed by atoms with van der Waals surface area (Å²) < 4.78 is 26.3. The zero-order valence-corrected chi connectivity index (χ0v) is 25.9. The van der Waals surface area contributed by atoms with Crippen LogP contribution in [0.5, 0.6) is 11.5 Å². The highest BCUT2D eigenvalue weighted by Crippen LogP contribution is 2.32. The van der Waals surface area contributed by atoms with E-state index in [1.165, 1.54) is 33.2 Å². The molecule has 1 heterocycles. The van der Waals surface area contributed by atoms with Gasteiger partial charge in [-0.15, -0.1) is 0 Å². The highest BCUT2D eigenvalue weighted by molar-refractivity contribution is 5.98. The molecule has 2 aromatic carbocycles. The number of nitrogens with one attached hydrogen (secondary N) is 1. The van der Waals surface area contributed by atoms with Gasteiger partial charge in [-0.25, -0.2) is 19.4 Å². The van der Waals surface area contributed by atoms with Crippen molar-refractivity contribution in [2.45, 2.75) is 52.7 Å². The monoisotopic (exact) mass is 620 g/mol. The molecule has 0 aliphatic carbocycles. The van der Waals surface area contributed by atoms with Crippen LogP contribution in [0.25, 0.3) is 0 Å². The van der Waals surface area contributed by atoms with E-state index in [0.717, 1.165) is 11.1 Å². The summed E-state index contributed by atoms with van der Waals surface area (Å²) in [7, 11) is 1.34. The van der Waals surface area contributed by atoms with Crippen molar-refractivity contribution < 1.29 is 47.7 Å². The second-order valence-electron chi connectivity index (χ2n) is 9.78. The van der Waals surface area contributed by atoms with E-state index in [4.69, 9.17) is 23.7 Å². The maximum absolute atomic E-state index is 13.2. The Morgan fingerprint density at radius 2 is 1.31 bits per heavy atom. The summed E-state index contributed by atoms with van der Waals surface area (Å²) in [4.78, 5) is 66.3. The number of carbonyl (C=O) groups excluding carboxylic acids is 5. The van der Waals surface area contributed by atoms with Crippen LogP contribution in [-0.4, -0.2) is 67.2 Å². The lowest BCUT2D eigenvalue weighted by molar-refractivity contribution is -0.150. The maximum atomic E-state index is 13.2. The molecule has 0 aliphatic heterocycles. The molecule has 12 heteroatoms. The Labute approximate surface area is 261 Å². The number of pyridine rings is 1. The molecule has 0 unspecified atom stereocenters. The topological polar surface area (TPSA) is 156 Å². The molecule has 0 saturated carbocycles. The quantitative estimate of drug-likeness (QED) is 0.215. The molecule has 2 atom stereocenters. The molecular formula is C33H36N2O10. The number of ether oxygens (including phenoxy) is 5. The summed E-state index contributed by atoms with van der Waals surface area (Å²) in [5.74, 6) is -3.76. The zero-order valence-electron chi connectivity index (χ0n) is 25.9. The SMILES string of the molecule is CCOC(=O)c1ccc(C(c2ccc(C(=O)OCC)cc2)[C@H](C)OC(=O)[C@H](C)NC(=O)c2nccc(OC)c2OC(C)=O)cc1. The Balaban J connectivity index is 1.85. The highest BCUT2D eigenvalue weighted by atomic mass is 16.6. The average Bonchev–Trinajstić information content (AvgIpc) is 3.01. The van der Waals surface area contributed by atoms with Crippen LogP contribution in [0, 0.1) is 0 Å². The number of amides is 1. The number of benzene rings is 2. The molecule has 238 valence electrons. The summed E-state index contributed by atoms with van der Waals surface area (Å²) in [5.41, 5.74) is 1.90. The first-order valence-corrected chi connectivity index (χ1v) is 14.3. The van der Waals surface area contributed by atoms with Gasteiger partial charge in [-0.05, 0) is 63.1 Å². The number of carbonyl (C=O) groups is 5. The van der Waals surface area contributed by atoms with E-state index in [0.29, 0.717) is 11.1 Å². The van der Waals surface area contributed by atoms with Gasteiger partial charge in [0.05, 0.1) is 31.5 Å². The molecule has 3 rings (SSSR count). The molecule has 0 radical (unpaired) electrons. The molecule has 3 aromatic rings. The Hall–Kier alpha value is -5.26. The first-order chi connectivity index (χ1) is 21.5. The molecular weight excluding hydrogens is 584 g/mol. The molecule has 0 saturated heterocycles. The van der Waals surface area contributed by atoms with Crippen LogP contribution in [0.1, 0.15) is 82.9 Å². The van der Waals surface area contributed by atoms with Gasteiger partial charge in [0.25, 0.3) is 5.91 Å². The summed E-state index contributed by atoms with van der Waals surface area (Å²) in [6.45, 7) is 8.20. The van der Waals surface area contributed by atoms with Gasteiger partial charge in [0.15, 0.2) is 11.4 Å². The Morgan fingerprint density at radius 1 is 0.800 bits per heavy atom. The molecule has 0 bridgehead atoms. The third-order valence-corrected chi connectivity index (χ3v) is 6.58. The van der Waals surface area contributed by atoms with Crippen LogP contribution in [0.4, 0.5) is 0 Å². The second kappa shape index (κ2) is 16.0. The number of methoxy groups -OCH3 is 1. The molecule has 1 amide bonds. The van der Waals surface area contributed by atoms with Gasteiger partial charge in [-0.2, -0.15) is 0 Å². The fourth-order valence-electron chi connectivity index (χ4n) is 4.49. The van der Waals surface area contributed by atoms with Crippen LogP contribution in [0.3, 0.4) is 0 Å². The lowest BCUT2D eigenvalue weighted by atomic mass is 9.86. The van der Waals surface area contributed by atoms with Crippen LogP contribution in [0.15, 0.2) is 60.8 Å². The van der Waals surface area contributed by atoms with Crippen LogP contribution in [0.2, 0.25) is 0 Å². The van der Waals surface area contributed by atoms with Gasteiger partial charge < -0.3 is 29.0 Å². The number of hydrogen-bond acceptors (Lipinski definition) is 11. The minimum Gasteiger partial charge on any atom is -0.493 e. The number of nitrogens with zero attached hydrogens (tertiary/aromatic N) is 1. The number of aromatic nitrogens is 1. The predicted octanol–water partition coefficient (Wildman–Crippen LogP) is 4.25. The number of hydrogen-bond donors (Lipinski definition) is 1. The summed E-state index contributed by atoms with van der Waals surface area (Å²) >= 11 is 0. The highest BCUT2D eigenvalue weighted by Gasteiger charge is 2.29. The van der Waals surface area contributed by atoms with Crippen molar-refractivity contribution in [3.63, 3.8) is 0 Å². The second-order valence-corrected chi connectivity index (χ2v) is 9.78. The van der Waals surface area contributed by atoms with Crippen molar-refractivity contribution in [3.8, 4) is 11.5 Å². The van der Waals surface area contributed by atoms with Crippen molar-refractivity contribution >= 4 is 29.8 Å². The normalized spacial score (nSPS) is 12.0. The summed E-state index contributed by atoms with van der Waals surface area (Å²) in [6.07, 6.45) is 0.530. The van der Waals surface area contributed by atoms with Gasteiger partial charge in [-0.1, -0.05) is 24.3 Å². The zero-order chi connectivity index (χ0) is 33.1. The van der Waals surface area contributed by atoms with Crippen molar-refractivity contribution in [3.05, 3.63) is 88.7 Å². The van der Waals surface area contributed by atoms with Crippen molar-refractivity contribution in [2.75, 3.05) is 20.3 Å². The predicted molar refractivity (Wildman–Crippen MR) is 161 cm³/mol. The van der Waals surface area contributed by atoms with E-state index in [1.807, 2.05) is 0 Å².